The minimum absolute atomic E-state index is 0.569. The van der Waals surface area contributed by atoms with Gasteiger partial charge in [0.1, 0.15) is 0 Å². The van der Waals surface area contributed by atoms with Crippen LogP contribution in [-0.2, 0) is 0 Å². The van der Waals surface area contributed by atoms with E-state index >= 15 is 0 Å². The molecule has 0 aliphatic rings. The molecule has 4 heterocycles. The standard InChI is InChI=1S/C16H9ClN6OS/c17-10-5-3-9(4-6-10)11-8-12(19-18-11)15-22-23-14(13-2-1-7-24-13)20-21-16(23)25-15/h1-8H,(H,18,19). The summed E-state index contributed by atoms with van der Waals surface area (Å²) in [5.41, 5.74) is 2.61. The van der Waals surface area contributed by atoms with Crippen molar-refractivity contribution in [2.75, 3.05) is 0 Å². The number of rotatable bonds is 3. The van der Waals surface area contributed by atoms with Gasteiger partial charge in [-0.25, -0.2) is 0 Å². The molecule has 25 heavy (non-hydrogen) atoms. The molecule has 0 unspecified atom stereocenters. The van der Waals surface area contributed by atoms with Crippen LogP contribution in [0.4, 0.5) is 0 Å². The van der Waals surface area contributed by atoms with E-state index in [0.29, 0.717) is 21.6 Å². The molecule has 0 radical (unpaired) electrons. The molecule has 0 aliphatic carbocycles. The van der Waals surface area contributed by atoms with E-state index in [1.165, 1.54) is 11.3 Å². The molecule has 7 nitrogen and oxygen atoms in total. The van der Waals surface area contributed by atoms with Gasteiger partial charge in [-0.1, -0.05) is 35.1 Å². The summed E-state index contributed by atoms with van der Waals surface area (Å²) >= 11 is 7.35. The Labute approximate surface area is 149 Å². The van der Waals surface area contributed by atoms with Crippen LogP contribution < -0.4 is 0 Å². The van der Waals surface area contributed by atoms with E-state index in [0.717, 1.165) is 22.0 Å². The molecule has 0 amide bonds. The zero-order valence-electron chi connectivity index (χ0n) is 12.5. The summed E-state index contributed by atoms with van der Waals surface area (Å²) in [6.45, 7) is 0. The predicted molar refractivity (Wildman–Crippen MR) is 94.4 cm³/mol. The predicted octanol–water partition coefficient (Wildman–Crippen LogP) is 4.16. The number of H-pyrrole nitrogens is 1. The summed E-state index contributed by atoms with van der Waals surface area (Å²) in [6.07, 6.45) is 1.59. The van der Waals surface area contributed by atoms with Crippen LogP contribution in [0, 0.1) is 0 Å². The highest BCUT2D eigenvalue weighted by molar-refractivity contribution is 7.19. The molecule has 0 saturated carbocycles. The average Bonchev–Trinajstić information content (AvgIpc) is 3.38. The molecule has 5 aromatic rings. The molecule has 4 aromatic heterocycles. The molecule has 9 heteroatoms. The number of aromatic nitrogens is 6. The van der Waals surface area contributed by atoms with Crippen molar-refractivity contribution < 1.29 is 4.42 Å². The second-order valence-electron chi connectivity index (χ2n) is 5.28. The van der Waals surface area contributed by atoms with Crippen molar-refractivity contribution >= 4 is 27.9 Å². The summed E-state index contributed by atoms with van der Waals surface area (Å²) in [5.74, 6) is 1.19. The third kappa shape index (κ3) is 2.43. The number of halogens is 1. The molecule has 0 fully saturated rings. The van der Waals surface area contributed by atoms with Crippen LogP contribution in [0.25, 0.3) is 38.5 Å². The van der Waals surface area contributed by atoms with Crippen LogP contribution in [0.5, 0.6) is 0 Å². The van der Waals surface area contributed by atoms with Crippen molar-refractivity contribution in [3.8, 4) is 33.5 Å². The normalized spacial score (nSPS) is 11.4. The lowest BCUT2D eigenvalue weighted by molar-refractivity contribution is 0.575. The number of furan rings is 1. The van der Waals surface area contributed by atoms with Gasteiger partial charge < -0.3 is 4.42 Å². The van der Waals surface area contributed by atoms with Gasteiger partial charge in [-0.05, 0) is 30.3 Å². The Morgan fingerprint density at radius 1 is 1.12 bits per heavy atom. The van der Waals surface area contributed by atoms with E-state index in [1.807, 2.05) is 36.4 Å². The topological polar surface area (TPSA) is 84.9 Å². The number of aromatic amines is 1. The molecule has 0 atom stereocenters. The second-order valence-corrected chi connectivity index (χ2v) is 6.67. The van der Waals surface area contributed by atoms with Gasteiger partial charge in [0.2, 0.25) is 10.8 Å². The number of hydrogen-bond acceptors (Lipinski definition) is 6. The van der Waals surface area contributed by atoms with Crippen molar-refractivity contribution in [2.45, 2.75) is 0 Å². The van der Waals surface area contributed by atoms with Crippen molar-refractivity contribution in [1.29, 1.82) is 0 Å². The van der Waals surface area contributed by atoms with Crippen LogP contribution in [0.3, 0.4) is 0 Å². The molecule has 122 valence electrons. The van der Waals surface area contributed by atoms with Gasteiger partial charge in [-0.3, -0.25) is 5.10 Å². The average molecular weight is 369 g/mol. The fraction of sp³-hybridized carbons (Fsp3) is 0. The zero-order chi connectivity index (χ0) is 16.8. The van der Waals surface area contributed by atoms with E-state index < -0.39 is 0 Å². The first-order valence-corrected chi connectivity index (χ1v) is 8.55. The van der Waals surface area contributed by atoms with Gasteiger partial charge in [0.25, 0.3) is 0 Å². The molecule has 1 N–H and O–H groups in total. The van der Waals surface area contributed by atoms with Gasteiger partial charge in [0, 0.05) is 10.6 Å². The van der Waals surface area contributed by atoms with Gasteiger partial charge in [0.15, 0.2) is 10.8 Å². The number of fused-ring (bicyclic) bond motifs is 1. The van der Waals surface area contributed by atoms with Crippen molar-refractivity contribution in [1.82, 2.24) is 30.0 Å². The number of nitrogens with one attached hydrogen (secondary N) is 1. The van der Waals surface area contributed by atoms with Gasteiger partial charge in [-0.2, -0.15) is 14.7 Å². The van der Waals surface area contributed by atoms with Gasteiger partial charge in [0.05, 0.1) is 17.7 Å². The lowest BCUT2D eigenvalue weighted by Crippen LogP contribution is -1.89. The SMILES string of the molecule is Clc1ccc(-c2cc(-c3nn4c(-c5ccco5)nnc4s3)[nH]n2)cc1. The van der Waals surface area contributed by atoms with Crippen LogP contribution >= 0.6 is 22.9 Å². The first-order valence-electron chi connectivity index (χ1n) is 7.36. The Hall–Kier alpha value is -2.97. The van der Waals surface area contributed by atoms with E-state index in [2.05, 4.69) is 25.5 Å². The second kappa shape index (κ2) is 5.54. The zero-order valence-corrected chi connectivity index (χ0v) is 14.1. The molecular formula is C16H9ClN6OS. The molecule has 0 bridgehead atoms. The first kappa shape index (κ1) is 14.4. The molecule has 1 aromatic carbocycles. The number of hydrogen-bond donors (Lipinski definition) is 1. The molecule has 0 spiro atoms. The third-order valence-corrected chi connectivity index (χ3v) is 4.86. The number of nitrogens with zero attached hydrogens (tertiary/aromatic N) is 5. The summed E-state index contributed by atoms with van der Waals surface area (Å²) in [4.78, 5) is 0.684. The highest BCUT2D eigenvalue weighted by Gasteiger charge is 2.17. The minimum Gasteiger partial charge on any atom is -0.461 e. The molecule has 0 saturated heterocycles. The maximum Gasteiger partial charge on any atom is 0.235 e. The van der Waals surface area contributed by atoms with Gasteiger partial charge >= 0.3 is 0 Å². The van der Waals surface area contributed by atoms with Crippen molar-refractivity contribution in [3.05, 3.63) is 53.8 Å². The Kier molecular flexibility index (Phi) is 3.19. The highest BCUT2D eigenvalue weighted by atomic mass is 35.5. The van der Waals surface area contributed by atoms with Crippen molar-refractivity contribution in [3.63, 3.8) is 0 Å². The van der Waals surface area contributed by atoms with E-state index in [9.17, 15) is 0 Å². The minimum atomic E-state index is 0.569. The molecule has 5 rings (SSSR count). The summed E-state index contributed by atoms with van der Waals surface area (Å²) in [5, 5.41) is 21.7. The number of benzene rings is 1. The molecule has 0 aliphatic heterocycles. The van der Waals surface area contributed by atoms with Crippen LogP contribution in [0.2, 0.25) is 5.02 Å². The quantitative estimate of drug-likeness (QED) is 0.517. The first-order chi connectivity index (χ1) is 12.3. The molecular weight excluding hydrogens is 360 g/mol. The van der Waals surface area contributed by atoms with Crippen LogP contribution in [0.15, 0.2) is 53.1 Å². The van der Waals surface area contributed by atoms with Crippen molar-refractivity contribution in [2.24, 2.45) is 0 Å². The van der Waals surface area contributed by atoms with Crippen LogP contribution in [-0.4, -0.2) is 30.0 Å². The van der Waals surface area contributed by atoms with Gasteiger partial charge in [-0.15, -0.1) is 10.2 Å². The Balaban J connectivity index is 1.54. The monoisotopic (exact) mass is 368 g/mol. The lowest BCUT2D eigenvalue weighted by Gasteiger charge is -1.94. The summed E-state index contributed by atoms with van der Waals surface area (Å²) < 4.78 is 7.05. The Morgan fingerprint density at radius 2 is 2.00 bits per heavy atom. The largest absolute Gasteiger partial charge is 0.461 e. The van der Waals surface area contributed by atoms with E-state index in [4.69, 9.17) is 16.0 Å². The lowest BCUT2D eigenvalue weighted by atomic mass is 10.1. The van der Waals surface area contributed by atoms with Crippen LogP contribution in [0.1, 0.15) is 0 Å². The Morgan fingerprint density at radius 3 is 2.80 bits per heavy atom. The van der Waals surface area contributed by atoms with E-state index in [-0.39, 0.29) is 0 Å². The summed E-state index contributed by atoms with van der Waals surface area (Å²) in [6, 6.07) is 13.1. The highest BCUT2D eigenvalue weighted by Crippen LogP contribution is 2.29. The maximum atomic E-state index is 5.93. The van der Waals surface area contributed by atoms with E-state index in [1.54, 1.807) is 16.8 Å². The smallest absolute Gasteiger partial charge is 0.235 e. The Bertz CT molecular complexity index is 1160. The third-order valence-electron chi connectivity index (χ3n) is 3.68. The maximum absolute atomic E-state index is 5.93. The fourth-order valence-corrected chi connectivity index (χ4v) is 3.42. The fourth-order valence-electron chi connectivity index (χ4n) is 2.49. The summed E-state index contributed by atoms with van der Waals surface area (Å²) in [7, 11) is 0.